The molecule has 0 nitrogen and oxygen atoms in total. The summed E-state index contributed by atoms with van der Waals surface area (Å²) < 4.78 is 0. The van der Waals surface area contributed by atoms with E-state index in [4.69, 9.17) is 0 Å². The van der Waals surface area contributed by atoms with Gasteiger partial charge in [-0.15, -0.1) is 0 Å². The summed E-state index contributed by atoms with van der Waals surface area (Å²) in [6.45, 7) is 6.86. The second-order valence-corrected chi connectivity index (χ2v) is 4.31. The molecular formula is C12H20. The molecule has 12 heavy (non-hydrogen) atoms. The normalized spacial score (nSPS) is 28.8. The maximum atomic E-state index is 2.37. The van der Waals surface area contributed by atoms with Crippen LogP contribution in [0.5, 0.6) is 0 Å². The van der Waals surface area contributed by atoms with Gasteiger partial charge < -0.3 is 0 Å². The molecule has 1 aliphatic carbocycles. The van der Waals surface area contributed by atoms with Crippen LogP contribution in [-0.4, -0.2) is 0 Å². The van der Waals surface area contributed by atoms with Crippen molar-refractivity contribution in [2.75, 3.05) is 0 Å². The lowest BCUT2D eigenvalue weighted by Gasteiger charge is -2.28. The van der Waals surface area contributed by atoms with Gasteiger partial charge in [-0.3, -0.25) is 0 Å². The first-order chi connectivity index (χ1) is 5.66. The van der Waals surface area contributed by atoms with E-state index in [1.54, 1.807) is 0 Å². The zero-order chi connectivity index (χ0) is 9.03. The first kappa shape index (κ1) is 9.57. The van der Waals surface area contributed by atoms with E-state index in [1.807, 2.05) is 0 Å². The van der Waals surface area contributed by atoms with Crippen LogP contribution in [0.4, 0.5) is 0 Å². The number of rotatable bonds is 3. The zero-order valence-electron chi connectivity index (χ0n) is 8.56. The van der Waals surface area contributed by atoms with E-state index >= 15 is 0 Å². The fraction of sp³-hybridized carbons (Fsp3) is 0.667. The molecule has 0 fully saturated rings. The van der Waals surface area contributed by atoms with Crippen molar-refractivity contribution in [3.05, 3.63) is 23.8 Å². The molecule has 0 saturated carbocycles. The Balaban J connectivity index is 2.51. The third kappa shape index (κ3) is 2.51. The van der Waals surface area contributed by atoms with Crippen LogP contribution in [0.2, 0.25) is 0 Å². The van der Waals surface area contributed by atoms with Crippen molar-refractivity contribution >= 4 is 0 Å². The molecule has 0 aromatic rings. The van der Waals surface area contributed by atoms with Gasteiger partial charge in [-0.25, -0.2) is 0 Å². The third-order valence-electron chi connectivity index (χ3n) is 2.66. The molecule has 0 aliphatic heterocycles. The second-order valence-electron chi connectivity index (χ2n) is 4.31. The maximum Gasteiger partial charge on any atom is -0.0106 e. The van der Waals surface area contributed by atoms with Gasteiger partial charge in [0.2, 0.25) is 0 Å². The van der Waals surface area contributed by atoms with Gasteiger partial charge in [-0.05, 0) is 25.2 Å². The van der Waals surface area contributed by atoms with Crippen LogP contribution in [-0.2, 0) is 0 Å². The molecule has 1 rings (SSSR count). The first-order valence-corrected chi connectivity index (χ1v) is 5.01. The Labute approximate surface area is 76.4 Å². The Bertz CT molecular complexity index is 198. The predicted octanol–water partition coefficient (Wildman–Crippen LogP) is 4.09. The lowest BCUT2D eigenvalue weighted by Crippen LogP contribution is -2.15. The molecule has 0 aromatic heterocycles. The van der Waals surface area contributed by atoms with Gasteiger partial charge in [0.25, 0.3) is 0 Å². The Morgan fingerprint density at radius 3 is 2.83 bits per heavy atom. The Kier molecular flexibility index (Phi) is 3.13. The molecule has 0 saturated heterocycles. The summed E-state index contributed by atoms with van der Waals surface area (Å²) in [5.41, 5.74) is 1.98. The minimum Gasteiger partial charge on any atom is -0.0783 e. The second kappa shape index (κ2) is 3.93. The highest BCUT2D eigenvalue weighted by atomic mass is 14.3. The van der Waals surface area contributed by atoms with Crippen molar-refractivity contribution in [1.82, 2.24) is 0 Å². The molecule has 68 valence electrons. The highest BCUT2D eigenvalue weighted by molar-refractivity contribution is 5.21. The molecule has 1 aliphatic rings. The summed E-state index contributed by atoms with van der Waals surface area (Å²) in [4.78, 5) is 0. The van der Waals surface area contributed by atoms with E-state index < -0.39 is 0 Å². The molecule has 0 N–H and O–H groups in total. The number of hydrogen-bond acceptors (Lipinski definition) is 0. The van der Waals surface area contributed by atoms with Crippen LogP contribution < -0.4 is 0 Å². The number of unbranched alkanes of at least 4 members (excludes halogenated alkanes) is 1. The third-order valence-corrected chi connectivity index (χ3v) is 2.66. The van der Waals surface area contributed by atoms with Crippen LogP contribution in [0.3, 0.4) is 0 Å². The summed E-state index contributed by atoms with van der Waals surface area (Å²) in [7, 11) is 0. The van der Waals surface area contributed by atoms with Crippen LogP contribution >= 0.6 is 0 Å². The van der Waals surface area contributed by atoms with Gasteiger partial charge >= 0.3 is 0 Å². The SMILES string of the molecule is CCCCC1(C)C=CC=C(C)C1. The average molecular weight is 164 g/mol. The van der Waals surface area contributed by atoms with E-state index in [9.17, 15) is 0 Å². The van der Waals surface area contributed by atoms with Crippen LogP contribution in [0.15, 0.2) is 23.8 Å². The summed E-state index contributed by atoms with van der Waals surface area (Å²) in [5.74, 6) is 0. The average Bonchev–Trinajstić information content (AvgIpc) is 2.01. The van der Waals surface area contributed by atoms with Crippen molar-refractivity contribution < 1.29 is 0 Å². The Morgan fingerprint density at radius 2 is 2.25 bits per heavy atom. The fourth-order valence-electron chi connectivity index (χ4n) is 1.95. The first-order valence-electron chi connectivity index (χ1n) is 5.01. The lowest BCUT2D eigenvalue weighted by molar-refractivity contribution is 0.369. The predicted molar refractivity (Wildman–Crippen MR) is 55.1 cm³/mol. The highest BCUT2D eigenvalue weighted by Gasteiger charge is 2.21. The largest absolute Gasteiger partial charge is 0.0783 e. The summed E-state index contributed by atoms with van der Waals surface area (Å²) in [6, 6.07) is 0. The van der Waals surface area contributed by atoms with E-state index in [1.165, 1.54) is 31.3 Å². The molecule has 0 heterocycles. The molecule has 1 atom stereocenters. The van der Waals surface area contributed by atoms with Gasteiger partial charge in [0.05, 0.1) is 0 Å². The zero-order valence-corrected chi connectivity index (χ0v) is 8.56. The summed E-state index contributed by atoms with van der Waals surface area (Å²) >= 11 is 0. The molecule has 0 heteroatoms. The molecule has 0 amide bonds. The molecule has 1 unspecified atom stereocenters. The van der Waals surface area contributed by atoms with Crippen molar-refractivity contribution in [3.8, 4) is 0 Å². The van der Waals surface area contributed by atoms with Crippen molar-refractivity contribution in [1.29, 1.82) is 0 Å². The number of allylic oxidation sites excluding steroid dienone is 4. The van der Waals surface area contributed by atoms with Crippen LogP contribution in [0, 0.1) is 5.41 Å². The van der Waals surface area contributed by atoms with Gasteiger partial charge in [-0.2, -0.15) is 0 Å². The van der Waals surface area contributed by atoms with Gasteiger partial charge in [0, 0.05) is 0 Å². The minimum absolute atomic E-state index is 0.453. The Hall–Kier alpha value is -0.520. The van der Waals surface area contributed by atoms with Gasteiger partial charge in [-0.1, -0.05) is 50.5 Å². The smallest absolute Gasteiger partial charge is 0.0106 e. The monoisotopic (exact) mass is 164 g/mol. The van der Waals surface area contributed by atoms with Crippen LogP contribution in [0.25, 0.3) is 0 Å². The lowest BCUT2D eigenvalue weighted by atomic mass is 9.77. The summed E-state index contributed by atoms with van der Waals surface area (Å²) in [6.07, 6.45) is 12.1. The molecule has 0 bridgehead atoms. The maximum absolute atomic E-state index is 2.37. The molecule has 0 radical (unpaired) electrons. The van der Waals surface area contributed by atoms with Crippen LogP contribution in [0.1, 0.15) is 46.5 Å². The quantitative estimate of drug-likeness (QED) is 0.589. The highest BCUT2D eigenvalue weighted by Crippen LogP contribution is 2.35. The number of hydrogen-bond donors (Lipinski definition) is 0. The topological polar surface area (TPSA) is 0 Å². The molecule has 0 aromatic carbocycles. The van der Waals surface area contributed by atoms with Crippen molar-refractivity contribution in [2.24, 2.45) is 5.41 Å². The van der Waals surface area contributed by atoms with Crippen molar-refractivity contribution in [2.45, 2.75) is 46.5 Å². The van der Waals surface area contributed by atoms with Gasteiger partial charge in [0.1, 0.15) is 0 Å². The Morgan fingerprint density at radius 1 is 1.50 bits per heavy atom. The standard InChI is InChI=1S/C12H20/c1-4-5-8-12(3)9-6-7-11(2)10-12/h6-7,9H,4-5,8,10H2,1-3H3. The molecule has 0 spiro atoms. The summed E-state index contributed by atoms with van der Waals surface area (Å²) in [5, 5.41) is 0. The minimum atomic E-state index is 0.453. The van der Waals surface area contributed by atoms with E-state index in [0.29, 0.717) is 5.41 Å². The molecular weight excluding hydrogens is 144 g/mol. The van der Waals surface area contributed by atoms with Crippen molar-refractivity contribution in [3.63, 3.8) is 0 Å². The van der Waals surface area contributed by atoms with E-state index in [0.717, 1.165) is 0 Å². The van der Waals surface area contributed by atoms with Gasteiger partial charge in [0.15, 0.2) is 0 Å². The fourth-order valence-corrected chi connectivity index (χ4v) is 1.95. The van der Waals surface area contributed by atoms with E-state index in [2.05, 4.69) is 39.0 Å². The van der Waals surface area contributed by atoms with E-state index in [-0.39, 0.29) is 0 Å².